The molecule has 1 aliphatic heterocycles. The van der Waals surface area contributed by atoms with Crippen molar-refractivity contribution in [3.63, 3.8) is 0 Å². The van der Waals surface area contributed by atoms with E-state index in [1.165, 1.54) is 17.4 Å². The second-order valence-electron chi connectivity index (χ2n) is 6.51. The Hall–Kier alpha value is -3.15. The van der Waals surface area contributed by atoms with Gasteiger partial charge in [0.15, 0.2) is 12.4 Å². The van der Waals surface area contributed by atoms with Gasteiger partial charge in [0.2, 0.25) is 5.91 Å². The van der Waals surface area contributed by atoms with E-state index < -0.39 is 6.04 Å². The molecule has 6 nitrogen and oxygen atoms in total. The summed E-state index contributed by atoms with van der Waals surface area (Å²) in [5, 5.41) is 2.84. The lowest BCUT2D eigenvalue weighted by Crippen LogP contribution is -2.49. The monoisotopic (exact) mass is 366 g/mol. The fourth-order valence-electron chi connectivity index (χ4n) is 3.00. The zero-order valence-electron chi connectivity index (χ0n) is 15.6. The molecule has 0 aromatic heterocycles. The lowest BCUT2D eigenvalue weighted by atomic mass is 10.1. The number of amides is 2. The van der Waals surface area contributed by atoms with Crippen molar-refractivity contribution >= 4 is 29.0 Å². The highest BCUT2D eigenvalue weighted by atomic mass is 16.5. The third-order valence-electron chi connectivity index (χ3n) is 4.64. The summed E-state index contributed by atoms with van der Waals surface area (Å²) in [7, 11) is 0. The zero-order valence-corrected chi connectivity index (χ0v) is 15.6. The predicted molar refractivity (Wildman–Crippen MR) is 103 cm³/mol. The Morgan fingerprint density at radius 3 is 2.52 bits per heavy atom. The van der Waals surface area contributed by atoms with Crippen LogP contribution in [0.4, 0.5) is 11.4 Å². The highest BCUT2D eigenvalue weighted by Crippen LogP contribution is 2.34. The first-order valence-electron chi connectivity index (χ1n) is 8.90. The van der Waals surface area contributed by atoms with Crippen LogP contribution < -0.4 is 15.0 Å². The Morgan fingerprint density at radius 1 is 1.19 bits per heavy atom. The molecular weight excluding hydrogens is 344 g/mol. The molecule has 140 valence electrons. The summed E-state index contributed by atoms with van der Waals surface area (Å²) < 4.78 is 5.44. The van der Waals surface area contributed by atoms with E-state index in [0.29, 0.717) is 22.7 Å². The van der Waals surface area contributed by atoms with Crippen LogP contribution in [-0.4, -0.2) is 30.2 Å². The maximum absolute atomic E-state index is 12.7. The molecule has 27 heavy (non-hydrogen) atoms. The van der Waals surface area contributed by atoms with Crippen LogP contribution in [0, 0.1) is 0 Å². The van der Waals surface area contributed by atoms with Gasteiger partial charge >= 0.3 is 0 Å². The molecule has 2 amide bonds. The number of ether oxygens (including phenoxy) is 1. The molecule has 1 N–H and O–H groups in total. The summed E-state index contributed by atoms with van der Waals surface area (Å²) in [5.41, 5.74) is 2.74. The average molecular weight is 366 g/mol. The number of hydrogen-bond donors (Lipinski definition) is 1. The maximum Gasteiger partial charge on any atom is 0.265 e. The van der Waals surface area contributed by atoms with Gasteiger partial charge in [0.25, 0.3) is 5.91 Å². The molecule has 6 heteroatoms. The van der Waals surface area contributed by atoms with Gasteiger partial charge in [0.1, 0.15) is 11.8 Å². The largest absolute Gasteiger partial charge is 0.482 e. The van der Waals surface area contributed by atoms with E-state index in [1.807, 2.05) is 24.3 Å². The van der Waals surface area contributed by atoms with E-state index in [2.05, 4.69) is 12.2 Å². The number of anilines is 2. The summed E-state index contributed by atoms with van der Waals surface area (Å²) in [5.74, 6) is -0.281. The van der Waals surface area contributed by atoms with E-state index >= 15 is 0 Å². The van der Waals surface area contributed by atoms with Crippen LogP contribution in [0.25, 0.3) is 0 Å². The highest BCUT2D eigenvalue weighted by Gasteiger charge is 2.33. The van der Waals surface area contributed by atoms with Gasteiger partial charge in [-0.05, 0) is 56.2 Å². The number of Topliss-reactive ketones (excluding diaryl/α,β-unsaturated/α-hetero) is 1. The van der Waals surface area contributed by atoms with Crippen LogP contribution in [0.2, 0.25) is 0 Å². The second kappa shape index (κ2) is 7.61. The zero-order chi connectivity index (χ0) is 19.6. The molecule has 0 fully saturated rings. The Balaban J connectivity index is 1.85. The molecule has 0 aliphatic carbocycles. The van der Waals surface area contributed by atoms with Gasteiger partial charge in [0, 0.05) is 11.3 Å². The van der Waals surface area contributed by atoms with E-state index in [-0.39, 0.29) is 24.2 Å². The molecule has 1 atom stereocenters. The lowest BCUT2D eigenvalue weighted by Gasteiger charge is -2.33. The smallest absolute Gasteiger partial charge is 0.265 e. The van der Waals surface area contributed by atoms with E-state index in [9.17, 15) is 14.4 Å². The van der Waals surface area contributed by atoms with Crippen LogP contribution in [0.15, 0.2) is 42.5 Å². The minimum Gasteiger partial charge on any atom is -0.482 e. The van der Waals surface area contributed by atoms with Crippen LogP contribution >= 0.6 is 0 Å². The van der Waals surface area contributed by atoms with Gasteiger partial charge in [-0.1, -0.05) is 19.1 Å². The summed E-state index contributed by atoms with van der Waals surface area (Å²) in [6, 6.07) is 11.7. The Labute approximate surface area is 158 Å². The fraction of sp³-hybridized carbons (Fsp3) is 0.286. The van der Waals surface area contributed by atoms with E-state index in [0.717, 1.165) is 6.42 Å². The number of nitrogens with zero attached hydrogens (tertiary/aromatic N) is 1. The summed E-state index contributed by atoms with van der Waals surface area (Å²) in [6.45, 7) is 5.03. The van der Waals surface area contributed by atoms with Crippen molar-refractivity contribution in [3.05, 3.63) is 53.6 Å². The van der Waals surface area contributed by atoms with Crippen molar-refractivity contribution in [1.29, 1.82) is 0 Å². The fourth-order valence-corrected chi connectivity index (χ4v) is 3.00. The molecule has 2 aromatic rings. The molecule has 0 bridgehead atoms. The van der Waals surface area contributed by atoms with Gasteiger partial charge in [-0.25, -0.2) is 0 Å². The molecule has 0 saturated carbocycles. The second-order valence-corrected chi connectivity index (χ2v) is 6.51. The number of hydrogen-bond acceptors (Lipinski definition) is 4. The molecule has 1 aliphatic rings. The predicted octanol–water partition coefficient (Wildman–Crippen LogP) is 3.20. The van der Waals surface area contributed by atoms with Crippen LogP contribution in [0.3, 0.4) is 0 Å². The van der Waals surface area contributed by atoms with Crippen LogP contribution in [0.5, 0.6) is 5.75 Å². The van der Waals surface area contributed by atoms with Crippen LogP contribution in [-0.2, 0) is 16.0 Å². The van der Waals surface area contributed by atoms with Gasteiger partial charge in [-0.3, -0.25) is 19.3 Å². The van der Waals surface area contributed by atoms with E-state index in [4.69, 9.17) is 4.74 Å². The summed E-state index contributed by atoms with van der Waals surface area (Å²) in [6.07, 6.45) is 0.919. The minimum absolute atomic E-state index is 0.121. The first kappa shape index (κ1) is 18.6. The van der Waals surface area contributed by atoms with Gasteiger partial charge in [-0.15, -0.1) is 0 Å². The number of rotatable bonds is 5. The van der Waals surface area contributed by atoms with Crippen molar-refractivity contribution in [2.45, 2.75) is 33.2 Å². The normalized spacial score (nSPS) is 14.2. The van der Waals surface area contributed by atoms with Crippen molar-refractivity contribution in [1.82, 2.24) is 0 Å². The molecular formula is C21H22N2O4. The van der Waals surface area contributed by atoms with Gasteiger partial charge < -0.3 is 10.1 Å². The number of ketones is 1. The quantitative estimate of drug-likeness (QED) is 0.825. The third kappa shape index (κ3) is 3.84. The number of benzene rings is 2. The van der Waals surface area contributed by atoms with Crippen molar-refractivity contribution in [2.24, 2.45) is 0 Å². The lowest BCUT2D eigenvalue weighted by molar-refractivity contribution is -0.125. The number of nitrogens with one attached hydrogen (secondary N) is 1. The van der Waals surface area contributed by atoms with Crippen molar-refractivity contribution < 1.29 is 19.1 Å². The molecule has 0 spiro atoms. The average Bonchev–Trinajstić information content (AvgIpc) is 2.67. The number of carbonyl (C=O) groups is 3. The number of aryl methyl sites for hydroxylation is 1. The van der Waals surface area contributed by atoms with Gasteiger partial charge in [0.05, 0.1) is 5.69 Å². The van der Waals surface area contributed by atoms with Crippen molar-refractivity contribution in [2.75, 3.05) is 16.8 Å². The SMILES string of the molecule is CCc1ccc(NC(=O)C(C)N2C(=O)COc3ccc(C(C)=O)cc32)cc1. The minimum atomic E-state index is -0.756. The maximum atomic E-state index is 12.7. The molecule has 1 heterocycles. The molecule has 0 radical (unpaired) electrons. The van der Waals surface area contributed by atoms with E-state index in [1.54, 1.807) is 25.1 Å². The molecule has 3 rings (SSSR count). The topological polar surface area (TPSA) is 75.7 Å². The van der Waals surface area contributed by atoms with Crippen LogP contribution in [0.1, 0.15) is 36.7 Å². The summed E-state index contributed by atoms with van der Waals surface area (Å²) in [4.78, 5) is 38.3. The van der Waals surface area contributed by atoms with Crippen molar-refractivity contribution in [3.8, 4) is 5.75 Å². The highest BCUT2D eigenvalue weighted by molar-refractivity contribution is 6.07. The first-order chi connectivity index (χ1) is 12.9. The Morgan fingerprint density at radius 2 is 1.89 bits per heavy atom. The molecule has 1 unspecified atom stereocenters. The molecule has 2 aromatic carbocycles. The first-order valence-corrected chi connectivity index (χ1v) is 8.90. The Bertz CT molecular complexity index is 890. The summed E-state index contributed by atoms with van der Waals surface area (Å²) >= 11 is 0. The molecule has 0 saturated heterocycles. The number of carbonyl (C=O) groups excluding carboxylic acids is 3. The number of fused-ring (bicyclic) bond motifs is 1. The Kier molecular flexibility index (Phi) is 5.26. The third-order valence-corrected chi connectivity index (χ3v) is 4.64. The van der Waals surface area contributed by atoms with Gasteiger partial charge in [-0.2, -0.15) is 0 Å². The standard InChI is InChI=1S/C21H22N2O4/c1-4-15-5-8-17(9-6-15)22-21(26)13(2)23-18-11-16(14(3)24)7-10-19(18)27-12-20(23)25/h5-11,13H,4,12H2,1-3H3,(H,22,26).